The highest BCUT2D eigenvalue weighted by atomic mass is 16.7. The molecule has 2 amide bonds. The SMILES string of the molecule is CON(C)C(=O)C1CCC(N(C)C(=O)O)CC1. The highest BCUT2D eigenvalue weighted by Crippen LogP contribution is 2.28. The van der Waals surface area contributed by atoms with Crippen LogP contribution < -0.4 is 0 Å². The Labute approximate surface area is 101 Å². The molecule has 1 rings (SSSR count). The Morgan fingerprint density at radius 2 is 1.71 bits per heavy atom. The summed E-state index contributed by atoms with van der Waals surface area (Å²) in [6, 6.07) is 0.0319. The fourth-order valence-corrected chi connectivity index (χ4v) is 2.21. The van der Waals surface area contributed by atoms with E-state index >= 15 is 0 Å². The first-order chi connectivity index (χ1) is 7.97. The molecule has 1 N–H and O–H groups in total. The van der Waals surface area contributed by atoms with Crippen LogP contribution in [-0.2, 0) is 9.63 Å². The van der Waals surface area contributed by atoms with Crippen LogP contribution in [0.2, 0.25) is 0 Å². The van der Waals surface area contributed by atoms with Gasteiger partial charge in [0.15, 0.2) is 0 Å². The van der Waals surface area contributed by atoms with Gasteiger partial charge in [-0.1, -0.05) is 0 Å². The lowest BCUT2D eigenvalue weighted by Crippen LogP contribution is -2.41. The number of carbonyl (C=O) groups is 2. The molecule has 0 radical (unpaired) electrons. The summed E-state index contributed by atoms with van der Waals surface area (Å²) in [6.07, 6.45) is 1.99. The van der Waals surface area contributed by atoms with Crippen LogP contribution in [-0.4, -0.2) is 54.3 Å². The summed E-state index contributed by atoms with van der Waals surface area (Å²) < 4.78 is 0. The fraction of sp³-hybridized carbons (Fsp3) is 0.818. The van der Waals surface area contributed by atoms with Crippen molar-refractivity contribution in [2.45, 2.75) is 31.7 Å². The van der Waals surface area contributed by atoms with E-state index in [0.29, 0.717) is 0 Å². The zero-order valence-corrected chi connectivity index (χ0v) is 10.5. The van der Waals surface area contributed by atoms with Gasteiger partial charge in [0.05, 0.1) is 7.11 Å². The fourth-order valence-electron chi connectivity index (χ4n) is 2.21. The van der Waals surface area contributed by atoms with E-state index in [2.05, 4.69) is 0 Å². The van der Waals surface area contributed by atoms with Gasteiger partial charge in [-0.15, -0.1) is 0 Å². The van der Waals surface area contributed by atoms with E-state index in [-0.39, 0.29) is 17.9 Å². The van der Waals surface area contributed by atoms with Crippen molar-refractivity contribution >= 4 is 12.0 Å². The van der Waals surface area contributed by atoms with Crippen molar-refractivity contribution in [3.63, 3.8) is 0 Å². The topological polar surface area (TPSA) is 70.1 Å². The number of hydrogen-bond donors (Lipinski definition) is 1. The van der Waals surface area contributed by atoms with Crippen molar-refractivity contribution in [2.24, 2.45) is 5.92 Å². The molecule has 0 atom stereocenters. The van der Waals surface area contributed by atoms with E-state index in [1.54, 1.807) is 14.1 Å². The van der Waals surface area contributed by atoms with Gasteiger partial charge in [0, 0.05) is 26.1 Å². The molecule has 1 saturated carbocycles. The summed E-state index contributed by atoms with van der Waals surface area (Å²) >= 11 is 0. The predicted octanol–water partition coefficient (Wildman–Crippen LogP) is 1.17. The van der Waals surface area contributed by atoms with Crippen LogP contribution in [0.3, 0.4) is 0 Å². The lowest BCUT2D eigenvalue weighted by Gasteiger charge is -2.33. The lowest BCUT2D eigenvalue weighted by atomic mass is 9.85. The van der Waals surface area contributed by atoms with Gasteiger partial charge in [0.2, 0.25) is 5.91 Å². The van der Waals surface area contributed by atoms with Crippen molar-refractivity contribution in [3.05, 3.63) is 0 Å². The van der Waals surface area contributed by atoms with Crippen LogP contribution in [0.15, 0.2) is 0 Å². The Kier molecular flexibility index (Phi) is 4.74. The van der Waals surface area contributed by atoms with Gasteiger partial charge in [-0.3, -0.25) is 9.63 Å². The average molecular weight is 244 g/mol. The third-order valence-corrected chi connectivity index (χ3v) is 3.48. The minimum absolute atomic E-state index is 0.0241. The zero-order chi connectivity index (χ0) is 13.0. The number of nitrogens with zero attached hydrogens (tertiary/aromatic N) is 2. The molecule has 0 heterocycles. The van der Waals surface area contributed by atoms with Gasteiger partial charge in [0.25, 0.3) is 0 Å². The molecule has 0 aromatic carbocycles. The molecule has 6 heteroatoms. The van der Waals surface area contributed by atoms with Crippen molar-refractivity contribution in [1.82, 2.24) is 9.96 Å². The second-order valence-electron chi connectivity index (χ2n) is 4.42. The first-order valence-electron chi connectivity index (χ1n) is 5.74. The van der Waals surface area contributed by atoms with Crippen LogP contribution in [0, 0.1) is 5.92 Å². The van der Waals surface area contributed by atoms with Crippen molar-refractivity contribution in [3.8, 4) is 0 Å². The summed E-state index contributed by atoms with van der Waals surface area (Å²) in [5.74, 6) is -0.0673. The van der Waals surface area contributed by atoms with Crippen molar-refractivity contribution in [1.29, 1.82) is 0 Å². The summed E-state index contributed by atoms with van der Waals surface area (Å²) in [5.41, 5.74) is 0. The van der Waals surface area contributed by atoms with E-state index < -0.39 is 6.09 Å². The summed E-state index contributed by atoms with van der Waals surface area (Å²) in [7, 11) is 4.63. The van der Waals surface area contributed by atoms with Crippen LogP contribution in [0.5, 0.6) is 0 Å². The quantitative estimate of drug-likeness (QED) is 0.757. The molecule has 1 aliphatic carbocycles. The highest BCUT2D eigenvalue weighted by Gasteiger charge is 2.31. The molecule has 0 bridgehead atoms. The second-order valence-corrected chi connectivity index (χ2v) is 4.42. The number of carbonyl (C=O) groups excluding carboxylic acids is 1. The van der Waals surface area contributed by atoms with Gasteiger partial charge < -0.3 is 10.0 Å². The maximum Gasteiger partial charge on any atom is 0.407 e. The molecular weight excluding hydrogens is 224 g/mol. The number of carboxylic acid groups (broad SMARTS) is 1. The Balaban J connectivity index is 2.45. The maximum atomic E-state index is 11.8. The largest absolute Gasteiger partial charge is 0.465 e. The van der Waals surface area contributed by atoms with Gasteiger partial charge in [0.1, 0.15) is 0 Å². The van der Waals surface area contributed by atoms with Gasteiger partial charge in [-0.2, -0.15) is 0 Å². The van der Waals surface area contributed by atoms with E-state index in [4.69, 9.17) is 9.94 Å². The standard InChI is InChI=1S/C11H20N2O4/c1-12(11(15)16)9-6-4-8(5-7-9)10(14)13(2)17-3/h8-9H,4-7H2,1-3H3,(H,15,16). The molecule has 98 valence electrons. The molecule has 0 aliphatic heterocycles. The zero-order valence-electron chi connectivity index (χ0n) is 10.5. The Bertz CT molecular complexity index is 287. The van der Waals surface area contributed by atoms with Crippen LogP contribution >= 0.6 is 0 Å². The minimum atomic E-state index is -0.909. The third-order valence-electron chi connectivity index (χ3n) is 3.48. The second kappa shape index (κ2) is 5.86. The molecule has 1 aliphatic rings. The molecule has 0 spiro atoms. The summed E-state index contributed by atoms with van der Waals surface area (Å²) in [6.45, 7) is 0. The van der Waals surface area contributed by atoms with Gasteiger partial charge in [-0.25, -0.2) is 9.86 Å². The number of hydroxylamine groups is 2. The summed E-state index contributed by atoms with van der Waals surface area (Å²) in [4.78, 5) is 28.8. The van der Waals surface area contributed by atoms with E-state index in [9.17, 15) is 9.59 Å². The van der Waals surface area contributed by atoms with Crippen LogP contribution in [0.1, 0.15) is 25.7 Å². The maximum absolute atomic E-state index is 11.8. The molecule has 17 heavy (non-hydrogen) atoms. The predicted molar refractivity (Wildman–Crippen MR) is 61.3 cm³/mol. The molecular formula is C11H20N2O4. The number of amides is 2. The van der Waals surface area contributed by atoms with E-state index in [1.807, 2.05) is 0 Å². The van der Waals surface area contributed by atoms with E-state index in [1.165, 1.54) is 17.1 Å². The normalized spacial score (nSPS) is 24.2. The number of hydrogen-bond acceptors (Lipinski definition) is 3. The smallest absolute Gasteiger partial charge is 0.407 e. The summed E-state index contributed by atoms with van der Waals surface area (Å²) in [5, 5.41) is 10.1. The monoisotopic (exact) mass is 244 g/mol. The molecule has 0 unspecified atom stereocenters. The highest BCUT2D eigenvalue weighted by molar-refractivity contribution is 5.77. The first-order valence-corrected chi connectivity index (χ1v) is 5.74. The molecule has 0 saturated heterocycles. The number of rotatable bonds is 3. The Morgan fingerprint density at radius 1 is 1.18 bits per heavy atom. The molecule has 0 aromatic rings. The first kappa shape index (κ1) is 13.8. The average Bonchev–Trinajstić information content (AvgIpc) is 2.36. The van der Waals surface area contributed by atoms with Crippen molar-refractivity contribution < 1.29 is 19.5 Å². The van der Waals surface area contributed by atoms with E-state index in [0.717, 1.165) is 25.7 Å². The van der Waals surface area contributed by atoms with Crippen molar-refractivity contribution in [2.75, 3.05) is 21.2 Å². The molecule has 1 fully saturated rings. The van der Waals surface area contributed by atoms with Gasteiger partial charge >= 0.3 is 6.09 Å². The van der Waals surface area contributed by atoms with Gasteiger partial charge in [-0.05, 0) is 25.7 Å². The lowest BCUT2D eigenvalue weighted by molar-refractivity contribution is -0.174. The molecule has 0 aromatic heterocycles. The minimum Gasteiger partial charge on any atom is -0.465 e. The Morgan fingerprint density at radius 3 is 2.12 bits per heavy atom. The van der Waals surface area contributed by atoms with Crippen LogP contribution in [0.4, 0.5) is 4.79 Å². The Hall–Kier alpha value is -1.30. The van der Waals surface area contributed by atoms with Crippen LogP contribution in [0.25, 0.3) is 0 Å². The molecule has 6 nitrogen and oxygen atoms in total. The third kappa shape index (κ3) is 3.33.